The molecule has 0 heterocycles. The molecule has 2 rings (SSSR count). The lowest BCUT2D eigenvalue weighted by atomic mass is 9.83. The minimum Gasteiger partial charge on any atom is -0.389 e. The van der Waals surface area contributed by atoms with Gasteiger partial charge in [0, 0.05) is 6.04 Å². The number of hydrogen-bond donors (Lipinski definition) is 2. The Bertz CT molecular complexity index is 409. The van der Waals surface area contributed by atoms with E-state index in [1.165, 1.54) is 37.7 Å². The Hall–Kier alpha value is -1.12. The number of aryl methyl sites for hydroxylation is 1. The first kappa shape index (κ1) is 16.3. The molecule has 1 aromatic rings. The molecule has 1 aromatic carbocycles. The Morgan fingerprint density at radius 3 is 2.57 bits per heavy atom. The van der Waals surface area contributed by atoms with Crippen molar-refractivity contribution in [3.8, 4) is 0 Å². The normalized spacial score (nSPS) is 19.7. The number of benzene rings is 1. The van der Waals surface area contributed by atoms with E-state index in [4.69, 9.17) is 5.73 Å². The Kier molecular flexibility index (Phi) is 6.98. The van der Waals surface area contributed by atoms with Gasteiger partial charge in [0.2, 0.25) is 0 Å². The minimum atomic E-state index is -0.358. The van der Waals surface area contributed by atoms with Crippen molar-refractivity contribution in [1.29, 1.82) is 0 Å². The van der Waals surface area contributed by atoms with Crippen LogP contribution < -0.4 is 5.73 Å². The third kappa shape index (κ3) is 6.03. The summed E-state index contributed by atoms with van der Waals surface area (Å²) in [5.41, 5.74) is 7.55. The molecule has 0 aromatic heterocycles. The fourth-order valence-corrected chi connectivity index (χ4v) is 3.20. The molecule has 2 heteroatoms. The van der Waals surface area contributed by atoms with Gasteiger partial charge in [0.25, 0.3) is 0 Å². The van der Waals surface area contributed by atoms with Crippen LogP contribution in [0.1, 0.15) is 50.5 Å². The van der Waals surface area contributed by atoms with Gasteiger partial charge in [-0.3, -0.25) is 0 Å². The van der Waals surface area contributed by atoms with Gasteiger partial charge in [-0.1, -0.05) is 61.7 Å². The molecule has 0 unspecified atom stereocenters. The van der Waals surface area contributed by atoms with Gasteiger partial charge in [0.05, 0.1) is 6.10 Å². The molecule has 2 nitrogen and oxygen atoms in total. The van der Waals surface area contributed by atoms with Crippen LogP contribution in [-0.4, -0.2) is 17.3 Å². The zero-order valence-electron chi connectivity index (χ0n) is 13.0. The topological polar surface area (TPSA) is 46.2 Å². The lowest BCUT2D eigenvalue weighted by Crippen LogP contribution is -2.31. The van der Waals surface area contributed by atoms with E-state index in [2.05, 4.69) is 18.2 Å². The van der Waals surface area contributed by atoms with E-state index in [0.717, 1.165) is 19.3 Å². The van der Waals surface area contributed by atoms with E-state index in [1.807, 2.05) is 24.3 Å². The van der Waals surface area contributed by atoms with Crippen molar-refractivity contribution in [3.63, 3.8) is 0 Å². The summed E-state index contributed by atoms with van der Waals surface area (Å²) >= 11 is 0. The van der Waals surface area contributed by atoms with Crippen molar-refractivity contribution in [2.45, 2.75) is 63.5 Å². The largest absolute Gasteiger partial charge is 0.389 e. The molecule has 0 radical (unpaired) electrons. The molecule has 1 saturated carbocycles. The summed E-state index contributed by atoms with van der Waals surface area (Å²) in [5.74, 6) is 0.685. The van der Waals surface area contributed by atoms with Gasteiger partial charge >= 0.3 is 0 Å². The van der Waals surface area contributed by atoms with E-state index in [0.29, 0.717) is 5.92 Å². The van der Waals surface area contributed by atoms with Crippen LogP contribution in [0.4, 0.5) is 0 Å². The predicted octanol–water partition coefficient (Wildman–Crippen LogP) is 3.83. The monoisotopic (exact) mass is 287 g/mol. The molecule has 1 fully saturated rings. The molecular formula is C19H29NO. The zero-order valence-corrected chi connectivity index (χ0v) is 13.0. The second kappa shape index (κ2) is 9.01. The predicted molar refractivity (Wildman–Crippen MR) is 89.1 cm³/mol. The number of nitrogens with two attached hydrogens (primary N) is 1. The van der Waals surface area contributed by atoms with Gasteiger partial charge < -0.3 is 10.8 Å². The highest BCUT2D eigenvalue weighted by atomic mass is 16.3. The summed E-state index contributed by atoms with van der Waals surface area (Å²) in [7, 11) is 0. The Morgan fingerprint density at radius 2 is 1.86 bits per heavy atom. The molecule has 2 atom stereocenters. The molecule has 3 N–H and O–H groups in total. The van der Waals surface area contributed by atoms with Crippen LogP contribution in [0.25, 0.3) is 0 Å². The number of aliphatic hydroxyl groups is 1. The molecule has 0 saturated heterocycles. The SMILES string of the molecule is N[C@@H](C/C=C\[C@@H](O)CCc1ccccc1)C1CCCCC1. The molecular weight excluding hydrogens is 258 g/mol. The van der Waals surface area contributed by atoms with Crippen molar-refractivity contribution in [2.75, 3.05) is 0 Å². The third-order valence-electron chi connectivity index (χ3n) is 4.59. The molecule has 116 valence electrons. The van der Waals surface area contributed by atoms with Gasteiger partial charge in [0.15, 0.2) is 0 Å². The second-order valence-corrected chi connectivity index (χ2v) is 6.32. The maximum atomic E-state index is 10.0. The van der Waals surface area contributed by atoms with E-state index in [9.17, 15) is 5.11 Å². The lowest BCUT2D eigenvalue weighted by molar-refractivity contribution is 0.212. The highest BCUT2D eigenvalue weighted by Crippen LogP contribution is 2.26. The standard InChI is InChI=1S/C19H29NO/c20-19(17-10-5-2-6-11-17)13-7-12-18(21)15-14-16-8-3-1-4-9-16/h1,3-4,7-9,12,17-19,21H,2,5-6,10-11,13-15,20H2/b12-7-/t18-,19+/m1/s1. The van der Waals surface area contributed by atoms with Crippen molar-refractivity contribution in [3.05, 3.63) is 48.0 Å². The van der Waals surface area contributed by atoms with Crippen molar-refractivity contribution >= 4 is 0 Å². The van der Waals surface area contributed by atoms with Crippen LogP contribution in [0.15, 0.2) is 42.5 Å². The Morgan fingerprint density at radius 1 is 1.14 bits per heavy atom. The maximum Gasteiger partial charge on any atom is 0.0724 e. The fourth-order valence-electron chi connectivity index (χ4n) is 3.20. The highest BCUT2D eigenvalue weighted by Gasteiger charge is 2.19. The zero-order chi connectivity index (χ0) is 14.9. The minimum absolute atomic E-state index is 0.267. The summed E-state index contributed by atoms with van der Waals surface area (Å²) in [4.78, 5) is 0. The summed E-state index contributed by atoms with van der Waals surface area (Å²) in [5, 5.41) is 10.0. The van der Waals surface area contributed by atoms with Crippen molar-refractivity contribution < 1.29 is 5.11 Å². The summed E-state index contributed by atoms with van der Waals surface area (Å²) in [6.07, 6.45) is 12.8. The van der Waals surface area contributed by atoms with Crippen LogP contribution in [0, 0.1) is 5.92 Å². The van der Waals surface area contributed by atoms with E-state index < -0.39 is 0 Å². The average Bonchev–Trinajstić information content (AvgIpc) is 2.54. The number of aliphatic hydroxyl groups excluding tert-OH is 1. The Balaban J connectivity index is 1.65. The summed E-state index contributed by atoms with van der Waals surface area (Å²) in [6.45, 7) is 0. The fraction of sp³-hybridized carbons (Fsp3) is 0.579. The Labute approximate surface area is 129 Å². The summed E-state index contributed by atoms with van der Waals surface area (Å²) in [6, 6.07) is 10.6. The first-order chi connectivity index (χ1) is 10.3. The van der Waals surface area contributed by atoms with Crippen LogP contribution in [0.3, 0.4) is 0 Å². The van der Waals surface area contributed by atoms with E-state index in [1.54, 1.807) is 0 Å². The van der Waals surface area contributed by atoms with Crippen LogP contribution >= 0.6 is 0 Å². The molecule has 21 heavy (non-hydrogen) atoms. The number of rotatable bonds is 7. The van der Waals surface area contributed by atoms with Crippen LogP contribution in [0.2, 0.25) is 0 Å². The van der Waals surface area contributed by atoms with Crippen molar-refractivity contribution in [1.82, 2.24) is 0 Å². The smallest absolute Gasteiger partial charge is 0.0724 e. The molecule has 1 aliphatic rings. The number of hydrogen-bond acceptors (Lipinski definition) is 2. The highest BCUT2D eigenvalue weighted by molar-refractivity contribution is 5.15. The third-order valence-corrected chi connectivity index (χ3v) is 4.59. The maximum absolute atomic E-state index is 10.0. The molecule has 0 bridgehead atoms. The van der Waals surface area contributed by atoms with E-state index in [-0.39, 0.29) is 12.1 Å². The lowest BCUT2D eigenvalue weighted by Gasteiger charge is -2.26. The van der Waals surface area contributed by atoms with Crippen LogP contribution in [-0.2, 0) is 6.42 Å². The van der Waals surface area contributed by atoms with E-state index >= 15 is 0 Å². The molecule has 0 spiro atoms. The quantitative estimate of drug-likeness (QED) is 0.749. The van der Waals surface area contributed by atoms with Crippen molar-refractivity contribution in [2.24, 2.45) is 11.7 Å². The molecule has 0 amide bonds. The van der Waals surface area contributed by atoms with Gasteiger partial charge in [0.1, 0.15) is 0 Å². The molecule has 1 aliphatic carbocycles. The first-order valence-corrected chi connectivity index (χ1v) is 8.40. The second-order valence-electron chi connectivity index (χ2n) is 6.32. The summed E-state index contributed by atoms with van der Waals surface area (Å²) < 4.78 is 0. The van der Waals surface area contributed by atoms with Gasteiger partial charge in [-0.05, 0) is 43.6 Å². The van der Waals surface area contributed by atoms with Gasteiger partial charge in [-0.2, -0.15) is 0 Å². The van der Waals surface area contributed by atoms with Gasteiger partial charge in [-0.25, -0.2) is 0 Å². The van der Waals surface area contributed by atoms with Gasteiger partial charge in [-0.15, -0.1) is 0 Å². The molecule has 0 aliphatic heterocycles. The van der Waals surface area contributed by atoms with Crippen LogP contribution in [0.5, 0.6) is 0 Å². The first-order valence-electron chi connectivity index (χ1n) is 8.40. The average molecular weight is 287 g/mol.